The molecule has 0 fully saturated rings. The van der Waals surface area contributed by atoms with Crippen molar-refractivity contribution in [2.24, 2.45) is 0 Å². The molecule has 5 heteroatoms. The van der Waals surface area contributed by atoms with Crippen LogP contribution in [0, 0.1) is 11.3 Å². The van der Waals surface area contributed by atoms with E-state index in [0.29, 0.717) is 0 Å². The van der Waals surface area contributed by atoms with Crippen LogP contribution in [0.1, 0.15) is 17.6 Å². The third-order valence-corrected chi connectivity index (χ3v) is 1.34. The highest BCUT2D eigenvalue weighted by atomic mass is 19.3. The second kappa shape index (κ2) is 3.13. The molecule has 1 heterocycles. The molecular weight excluding hydrogens is 166 g/mol. The Bertz CT molecular complexity index is 378. The molecule has 0 unspecified atom stereocenters. The van der Waals surface area contributed by atoms with E-state index in [-0.39, 0.29) is 5.56 Å². The number of nitrogens with one attached hydrogen (secondary N) is 1. The predicted molar refractivity (Wildman–Crippen MR) is 36.7 cm³/mol. The highest BCUT2D eigenvalue weighted by Gasteiger charge is 2.16. The maximum absolute atomic E-state index is 12.1. The molecule has 0 spiro atoms. The first kappa shape index (κ1) is 8.40. The number of halogens is 2. The van der Waals surface area contributed by atoms with E-state index in [0.717, 1.165) is 12.3 Å². The first-order valence-corrected chi connectivity index (χ1v) is 3.06. The van der Waals surface area contributed by atoms with E-state index >= 15 is 0 Å². The topological polar surface area (TPSA) is 56.6 Å². The molecule has 0 radical (unpaired) electrons. The van der Waals surface area contributed by atoms with Crippen LogP contribution in [0.4, 0.5) is 8.78 Å². The summed E-state index contributed by atoms with van der Waals surface area (Å²) in [6.07, 6.45) is -1.75. The first-order valence-electron chi connectivity index (χ1n) is 3.06. The Morgan fingerprint density at radius 1 is 1.58 bits per heavy atom. The van der Waals surface area contributed by atoms with Crippen LogP contribution in [0.2, 0.25) is 0 Å². The average molecular weight is 170 g/mol. The minimum Gasteiger partial charge on any atom is -0.329 e. The summed E-state index contributed by atoms with van der Waals surface area (Å²) in [5, 5.41) is 8.36. The van der Waals surface area contributed by atoms with Gasteiger partial charge < -0.3 is 4.98 Å². The van der Waals surface area contributed by atoms with Crippen molar-refractivity contribution in [1.82, 2.24) is 4.98 Å². The van der Waals surface area contributed by atoms with E-state index in [9.17, 15) is 13.6 Å². The second-order valence-corrected chi connectivity index (χ2v) is 2.05. The predicted octanol–water partition coefficient (Wildman–Crippen LogP) is 1.18. The number of aromatic nitrogens is 1. The summed E-state index contributed by atoms with van der Waals surface area (Å²) in [6.45, 7) is 0. The minimum absolute atomic E-state index is 0.284. The van der Waals surface area contributed by atoms with Gasteiger partial charge in [0.15, 0.2) is 0 Å². The van der Waals surface area contributed by atoms with Crippen molar-refractivity contribution >= 4 is 0 Å². The molecule has 1 N–H and O–H groups in total. The normalized spacial score (nSPS) is 9.83. The molecule has 1 rings (SSSR count). The van der Waals surface area contributed by atoms with Crippen molar-refractivity contribution < 1.29 is 8.78 Å². The van der Waals surface area contributed by atoms with Crippen LogP contribution < -0.4 is 5.56 Å². The zero-order valence-corrected chi connectivity index (χ0v) is 5.84. The highest BCUT2D eigenvalue weighted by Crippen LogP contribution is 2.17. The fraction of sp³-hybridized carbons (Fsp3) is 0.143. The molecule has 62 valence electrons. The molecule has 0 aromatic carbocycles. The number of nitriles is 1. The fourth-order valence-corrected chi connectivity index (χ4v) is 0.805. The molecule has 3 nitrogen and oxygen atoms in total. The lowest BCUT2D eigenvalue weighted by Crippen LogP contribution is -2.13. The molecule has 0 aliphatic rings. The van der Waals surface area contributed by atoms with Crippen LogP contribution in [-0.4, -0.2) is 4.98 Å². The number of H-pyrrole nitrogens is 1. The van der Waals surface area contributed by atoms with E-state index in [1.807, 2.05) is 0 Å². The maximum atomic E-state index is 12.1. The molecule has 0 saturated heterocycles. The van der Waals surface area contributed by atoms with Gasteiger partial charge in [0.1, 0.15) is 5.56 Å². The minimum atomic E-state index is -2.91. The van der Waals surface area contributed by atoms with Gasteiger partial charge in [-0.2, -0.15) is 5.26 Å². The number of rotatable bonds is 1. The lowest BCUT2D eigenvalue weighted by atomic mass is 10.1. The van der Waals surface area contributed by atoms with Crippen LogP contribution in [0.15, 0.2) is 17.1 Å². The quantitative estimate of drug-likeness (QED) is 0.688. The smallest absolute Gasteiger partial charge is 0.270 e. The highest BCUT2D eigenvalue weighted by molar-refractivity contribution is 5.35. The molecule has 0 amide bonds. The van der Waals surface area contributed by atoms with Crippen LogP contribution in [0.25, 0.3) is 0 Å². The molecule has 0 bridgehead atoms. The molecular formula is C7H4F2N2O. The van der Waals surface area contributed by atoms with E-state index in [2.05, 4.69) is 4.98 Å². The molecule has 0 saturated carbocycles. The van der Waals surface area contributed by atoms with Gasteiger partial charge in [-0.05, 0) is 6.07 Å². The summed E-state index contributed by atoms with van der Waals surface area (Å²) < 4.78 is 24.2. The summed E-state index contributed by atoms with van der Waals surface area (Å²) in [4.78, 5) is 12.8. The molecule has 1 aromatic rings. The van der Waals surface area contributed by atoms with E-state index in [4.69, 9.17) is 5.26 Å². The summed E-state index contributed by atoms with van der Waals surface area (Å²) in [7, 11) is 0. The van der Waals surface area contributed by atoms with Crippen LogP contribution in [0.3, 0.4) is 0 Å². The third-order valence-electron chi connectivity index (χ3n) is 1.34. The lowest BCUT2D eigenvalue weighted by Gasteiger charge is -1.98. The first-order chi connectivity index (χ1) is 5.66. The zero-order valence-electron chi connectivity index (χ0n) is 5.84. The maximum Gasteiger partial charge on any atom is 0.270 e. The Hall–Kier alpha value is -1.70. The van der Waals surface area contributed by atoms with E-state index < -0.39 is 17.5 Å². The third kappa shape index (κ3) is 1.32. The van der Waals surface area contributed by atoms with Crippen molar-refractivity contribution in [3.05, 3.63) is 33.7 Å². The zero-order chi connectivity index (χ0) is 9.14. The number of hydrogen-bond donors (Lipinski definition) is 1. The second-order valence-electron chi connectivity index (χ2n) is 2.05. The fourth-order valence-electron chi connectivity index (χ4n) is 0.805. The van der Waals surface area contributed by atoms with Crippen LogP contribution in [-0.2, 0) is 0 Å². The number of alkyl halides is 2. The van der Waals surface area contributed by atoms with Crippen molar-refractivity contribution in [2.45, 2.75) is 6.43 Å². The van der Waals surface area contributed by atoms with Gasteiger partial charge in [0, 0.05) is 6.20 Å². The van der Waals surface area contributed by atoms with Crippen molar-refractivity contribution in [3.8, 4) is 6.07 Å². The van der Waals surface area contributed by atoms with Gasteiger partial charge in [-0.3, -0.25) is 4.79 Å². The lowest BCUT2D eigenvalue weighted by molar-refractivity contribution is 0.149. The molecule has 12 heavy (non-hydrogen) atoms. The van der Waals surface area contributed by atoms with Crippen LogP contribution in [0.5, 0.6) is 0 Å². The van der Waals surface area contributed by atoms with Gasteiger partial charge in [0.2, 0.25) is 0 Å². The van der Waals surface area contributed by atoms with Crippen LogP contribution >= 0.6 is 0 Å². The standard InChI is InChI=1S/C7H4F2N2O/c8-6(9)5-4(3-10)1-2-11-7(5)12/h1-2,6H,(H,11,12). The number of pyridine rings is 1. The van der Waals surface area contributed by atoms with Gasteiger partial charge >= 0.3 is 0 Å². The average Bonchev–Trinajstić information content (AvgIpc) is 2.03. The van der Waals surface area contributed by atoms with Crippen molar-refractivity contribution in [3.63, 3.8) is 0 Å². The molecule has 1 aromatic heterocycles. The number of aromatic amines is 1. The Balaban J connectivity index is 3.43. The monoisotopic (exact) mass is 170 g/mol. The Morgan fingerprint density at radius 2 is 2.25 bits per heavy atom. The molecule has 0 aliphatic carbocycles. The van der Waals surface area contributed by atoms with Gasteiger partial charge in [0.05, 0.1) is 11.6 Å². The van der Waals surface area contributed by atoms with Gasteiger partial charge in [-0.1, -0.05) is 0 Å². The summed E-state index contributed by atoms with van der Waals surface area (Å²) in [5.41, 5.74) is -1.96. The Morgan fingerprint density at radius 3 is 2.67 bits per heavy atom. The summed E-state index contributed by atoms with van der Waals surface area (Å²) in [6, 6.07) is 2.66. The molecule has 0 atom stereocenters. The van der Waals surface area contributed by atoms with E-state index in [1.165, 1.54) is 6.07 Å². The largest absolute Gasteiger partial charge is 0.329 e. The Kier molecular flexibility index (Phi) is 2.19. The van der Waals surface area contributed by atoms with Crippen molar-refractivity contribution in [1.29, 1.82) is 5.26 Å². The SMILES string of the molecule is N#Cc1cc[nH]c(=O)c1C(F)F. The molecule has 0 aliphatic heterocycles. The van der Waals surface area contributed by atoms with Crippen molar-refractivity contribution in [2.75, 3.05) is 0 Å². The Labute approximate surface area is 66.3 Å². The summed E-state index contributed by atoms with van der Waals surface area (Å²) in [5.74, 6) is 0. The number of hydrogen-bond acceptors (Lipinski definition) is 2. The number of nitrogens with zero attached hydrogens (tertiary/aromatic N) is 1. The van der Waals surface area contributed by atoms with Gasteiger partial charge in [-0.25, -0.2) is 8.78 Å². The van der Waals surface area contributed by atoms with E-state index in [1.54, 1.807) is 0 Å². The summed E-state index contributed by atoms with van der Waals surface area (Å²) >= 11 is 0. The van der Waals surface area contributed by atoms with Gasteiger partial charge in [0.25, 0.3) is 12.0 Å². The van der Waals surface area contributed by atoms with Gasteiger partial charge in [-0.15, -0.1) is 0 Å².